The van der Waals surface area contributed by atoms with Crippen LogP contribution < -0.4 is 5.32 Å². The van der Waals surface area contributed by atoms with Gasteiger partial charge in [0.1, 0.15) is 0 Å². The van der Waals surface area contributed by atoms with E-state index in [0.717, 1.165) is 23.6 Å². The normalized spacial score (nSPS) is 24.1. The topological polar surface area (TPSA) is 12.0 Å². The fourth-order valence-corrected chi connectivity index (χ4v) is 5.24. The third-order valence-corrected chi connectivity index (χ3v) is 6.37. The van der Waals surface area contributed by atoms with Crippen molar-refractivity contribution in [2.24, 2.45) is 17.3 Å². The summed E-state index contributed by atoms with van der Waals surface area (Å²) in [4.78, 5) is 1.52. The van der Waals surface area contributed by atoms with Gasteiger partial charge in [-0.1, -0.05) is 39.0 Å². The van der Waals surface area contributed by atoms with E-state index in [0.29, 0.717) is 5.41 Å². The molecule has 2 unspecified atom stereocenters. The van der Waals surface area contributed by atoms with E-state index in [4.69, 9.17) is 0 Å². The van der Waals surface area contributed by atoms with Crippen molar-refractivity contribution in [3.8, 4) is 0 Å². The molecule has 0 amide bonds. The van der Waals surface area contributed by atoms with E-state index in [2.05, 4.69) is 62.1 Å². The predicted octanol–water partition coefficient (Wildman–Crippen LogP) is 4.76. The second-order valence-electron chi connectivity index (χ2n) is 7.71. The van der Waals surface area contributed by atoms with Gasteiger partial charge < -0.3 is 5.32 Å². The molecule has 0 spiro atoms. The summed E-state index contributed by atoms with van der Waals surface area (Å²) >= 11 is 2.12. The number of nitrogens with one attached hydrogen (secondary N) is 1. The van der Waals surface area contributed by atoms with Crippen molar-refractivity contribution < 1.29 is 0 Å². The Morgan fingerprint density at radius 2 is 2.05 bits per heavy atom. The third-order valence-electron chi connectivity index (χ3n) is 5.05. The SMILES string of the molecule is CC(C)CNCC(C)(CC1Cc2ccccc2S1)C1CC1. The number of fused-ring (bicyclic) bond motifs is 1. The second kappa shape index (κ2) is 6.34. The van der Waals surface area contributed by atoms with Crippen LogP contribution in [0.25, 0.3) is 0 Å². The molecule has 1 aromatic rings. The minimum absolute atomic E-state index is 0.495. The van der Waals surface area contributed by atoms with Crippen molar-refractivity contribution >= 4 is 11.8 Å². The van der Waals surface area contributed by atoms with Crippen LogP contribution in [0.5, 0.6) is 0 Å². The Hall–Kier alpha value is -0.470. The van der Waals surface area contributed by atoms with Crippen LogP contribution in [-0.4, -0.2) is 18.3 Å². The van der Waals surface area contributed by atoms with Crippen molar-refractivity contribution in [1.29, 1.82) is 0 Å². The maximum atomic E-state index is 3.73. The minimum Gasteiger partial charge on any atom is -0.316 e. The highest BCUT2D eigenvalue weighted by Gasteiger charge is 2.43. The molecule has 1 aliphatic heterocycles. The van der Waals surface area contributed by atoms with Gasteiger partial charge in [-0.3, -0.25) is 0 Å². The van der Waals surface area contributed by atoms with Gasteiger partial charge in [-0.2, -0.15) is 0 Å². The van der Waals surface area contributed by atoms with Gasteiger partial charge in [0, 0.05) is 16.7 Å². The molecule has 1 nitrogen and oxygen atoms in total. The van der Waals surface area contributed by atoms with Crippen molar-refractivity contribution in [1.82, 2.24) is 5.32 Å². The molecule has 0 bridgehead atoms. The lowest BCUT2D eigenvalue weighted by Crippen LogP contribution is -2.37. The summed E-state index contributed by atoms with van der Waals surface area (Å²) in [5.74, 6) is 1.71. The Kier molecular flexibility index (Phi) is 4.66. The standard InChI is InChI=1S/C19H29NS/c1-14(2)12-20-13-19(3,16-8-9-16)11-17-10-15-6-4-5-7-18(15)21-17/h4-7,14,16-17,20H,8-13H2,1-3H3. The maximum absolute atomic E-state index is 3.73. The van der Waals surface area contributed by atoms with Gasteiger partial charge in [-0.25, -0.2) is 0 Å². The summed E-state index contributed by atoms with van der Waals surface area (Å²) in [5, 5.41) is 4.52. The first-order valence-electron chi connectivity index (χ1n) is 8.52. The van der Waals surface area contributed by atoms with Crippen LogP contribution >= 0.6 is 11.8 Å². The zero-order chi connectivity index (χ0) is 14.9. The molecule has 0 saturated heterocycles. The molecule has 3 rings (SSSR count). The highest BCUT2D eigenvalue weighted by Crippen LogP contribution is 2.51. The molecule has 0 aromatic heterocycles. The summed E-state index contributed by atoms with van der Waals surface area (Å²) in [7, 11) is 0. The lowest BCUT2D eigenvalue weighted by atomic mass is 9.79. The van der Waals surface area contributed by atoms with Gasteiger partial charge in [0.25, 0.3) is 0 Å². The zero-order valence-electron chi connectivity index (χ0n) is 13.7. The smallest absolute Gasteiger partial charge is 0.0141 e. The molecule has 116 valence electrons. The molecule has 2 atom stereocenters. The fraction of sp³-hybridized carbons (Fsp3) is 0.684. The summed E-state index contributed by atoms with van der Waals surface area (Å²) in [6, 6.07) is 8.98. The first-order valence-corrected chi connectivity index (χ1v) is 9.40. The molecule has 2 aliphatic rings. The van der Waals surface area contributed by atoms with E-state index < -0.39 is 0 Å². The average molecular weight is 304 g/mol. The zero-order valence-corrected chi connectivity index (χ0v) is 14.5. The largest absolute Gasteiger partial charge is 0.316 e. The molecule has 21 heavy (non-hydrogen) atoms. The van der Waals surface area contributed by atoms with Crippen LogP contribution in [0.4, 0.5) is 0 Å². The third kappa shape index (κ3) is 3.84. The molecule has 1 saturated carbocycles. The van der Waals surface area contributed by atoms with E-state index >= 15 is 0 Å². The molecular weight excluding hydrogens is 274 g/mol. The Labute approximate surface area is 134 Å². The maximum Gasteiger partial charge on any atom is 0.0141 e. The number of rotatable bonds is 7. The Bertz CT molecular complexity index is 455. The van der Waals surface area contributed by atoms with Gasteiger partial charge in [-0.05, 0) is 61.1 Å². The van der Waals surface area contributed by atoms with Crippen LogP contribution in [0.3, 0.4) is 0 Å². The van der Waals surface area contributed by atoms with Gasteiger partial charge in [-0.15, -0.1) is 11.8 Å². The molecule has 1 aliphatic carbocycles. The number of hydrogen-bond acceptors (Lipinski definition) is 2. The molecule has 1 fully saturated rings. The Morgan fingerprint density at radius 1 is 1.29 bits per heavy atom. The van der Waals surface area contributed by atoms with E-state index in [1.54, 1.807) is 5.56 Å². The van der Waals surface area contributed by atoms with Gasteiger partial charge in [0.15, 0.2) is 0 Å². The van der Waals surface area contributed by atoms with Gasteiger partial charge in [0.2, 0.25) is 0 Å². The number of thioether (sulfide) groups is 1. The second-order valence-corrected chi connectivity index (χ2v) is 9.05. The summed E-state index contributed by atoms with van der Waals surface area (Å²) < 4.78 is 0. The monoisotopic (exact) mass is 303 g/mol. The fourth-order valence-electron chi connectivity index (χ4n) is 3.70. The minimum atomic E-state index is 0.495. The Balaban J connectivity index is 1.58. The van der Waals surface area contributed by atoms with Crippen LogP contribution in [0.1, 0.15) is 45.6 Å². The molecule has 1 heterocycles. The molecule has 2 heteroatoms. The first-order chi connectivity index (χ1) is 10.1. The van der Waals surface area contributed by atoms with E-state index in [9.17, 15) is 0 Å². The van der Waals surface area contributed by atoms with Gasteiger partial charge >= 0.3 is 0 Å². The van der Waals surface area contributed by atoms with E-state index in [1.165, 1.54) is 37.1 Å². The molecule has 1 aromatic carbocycles. The molecule has 1 N–H and O–H groups in total. The van der Waals surface area contributed by atoms with Crippen molar-refractivity contribution in [2.75, 3.05) is 13.1 Å². The van der Waals surface area contributed by atoms with Gasteiger partial charge in [0.05, 0.1) is 0 Å². The quantitative estimate of drug-likeness (QED) is 0.779. The average Bonchev–Trinajstić information content (AvgIpc) is 3.20. The lowest BCUT2D eigenvalue weighted by molar-refractivity contribution is 0.232. The van der Waals surface area contributed by atoms with E-state index in [1.807, 2.05) is 0 Å². The van der Waals surface area contributed by atoms with Crippen molar-refractivity contribution in [2.45, 2.75) is 56.6 Å². The number of hydrogen-bond donors (Lipinski definition) is 1. The van der Waals surface area contributed by atoms with Crippen LogP contribution in [0.15, 0.2) is 29.2 Å². The summed E-state index contributed by atoms with van der Waals surface area (Å²) in [6.45, 7) is 9.47. The van der Waals surface area contributed by atoms with Crippen molar-refractivity contribution in [3.63, 3.8) is 0 Å². The van der Waals surface area contributed by atoms with Crippen LogP contribution in [0.2, 0.25) is 0 Å². The van der Waals surface area contributed by atoms with Crippen LogP contribution in [0, 0.1) is 17.3 Å². The highest BCUT2D eigenvalue weighted by molar-refractivity contribution is 8.00. The molecular formula is C19H29NS. The van der Waals surface area contributed by atoms with Crippen molar-refractivity contribution in [3.05, 3.63) is 29.8 Å². The summed E-state index contributed by atoms with van der Waals surface area (Å²) in [5.41, 5.74) is 2.06. The van der Waals surface area contributed by atoms with E-state index in [-0.39, 0.29) is 0 Å². The summed E-state index contributed by atoms with van der Waals surface area (Å²) in [6.07, 6.45) is 5.53. The van der Waals surface area contributed by atoms with Crippen LogP contribution in [-0.2, 0) is 6.42 Å². The lowest BCUT2D eigenvalue weighted by Gasteiger charge is -2.33. The Morgan fingerprint density at radius 3 is 2.71 bits per heavy atom. The highest BCUT2D eigenvalue weighted by atomic mass is 32.2. The first kappa shape index (κ1) is 15.4. The number of benzene rings is 1. The molecule has 0 radical (unpaired) electrons. The predicted molar refractivity (Wildman–Crippen MR) is 92.9 cm³/mol.